The van der Waals surface area contributed by atoms with E-state index >= 15 is 0 Å². The average molecular weight is 206 g/mol. The lowest BCUT2D eigenvalue weighted by molar-refractivity contribution is 0.229. The van der Waals surface area contributed by atoms with E-state index in [0.717, 1.165) is 18.7 Å². The Morgan fingerprint density at radius 3 is 3.07 bits per heavy atom. The second-order valence-electron chi connectivity index (χ2n) is 3.55. The molecule has 0 amide bonds. The maximum Gasteiger partial charge on any atom is 0.218 e. The minimum absolute atomic E-state index is 0.151. The van der Waals surface area contributed by atoms with Gasteiger partial charge in [0.25, 0.3) is 0 Å². The smallest absolute Gasteiger partial charge is 0.218 e. The summed E-state index contributed by atoms with van der Waals surface area (Å²) < 4.78 is 5.60. The molecule has 15 heavy (non-hydrogen) atoms. The largest absolute Gasteiger partial charge is 0.475 e. The van der Waals surface area contributed by atoms with E-state index in [4.69, 9.17) is 4.74 Å². The van der Waals surface area contributed by atoms with Crippen LogP contribution in [0.15, 0.2) is 31.0 Å². The molecular formula is C12H18N2O. The fourth-order valence-corrected chi connectivity index (χ4v) is 1.20. The van der Waals surface area contributed by atoms with Gasteiger partial charge >= 0.3 is 0 Å². The Bertz CT molecular complexity index is 310. The van der Waals surface area contributed by atoms with Gasteiger partial charge in [-0.3, -0.25) is 0 Å². The van der Waals surface area contributed by atoms with Crippen LogP contribution in [0.4, 0.5) is 0 Å². The summed E-state index contributed by atoms with van der Waals surface area (Å²) in [4.78, 5) is 4.21. The standard InChI is InChI=1S/C12H18N2O/c1-4-7-13-9-11-6-5-8-14-12(11)15-10(2)3/h4-6,8,10,13H,1,7,9H2,2-3H3. The molecule has 0 atom stereocenters. The SMILES string of the molecule is C=CCNCc1cccnc1OC(C)C. The van der Waals surface area contributed by atoms with E-state index in [1.807, 2.05) is 32.1 Å². The molecule has 0 spiro atoms. The zero-order valence-electron chi connectivity index (χ0n) is 9.36. The van der Waals surface area contributed by atoms with E-state index in [-0.39, 0.29) is 6.10 Å². The van der Waals surface area contributed by atoms with Crippen molar-refractivity contribution < 1.29 is 4.74 Å². The van der Waals surface area contributed by atoms with E-state index < -0.39 is 0 Å². The summed E-state index contributed by atoms with van der Waals surface area (Å²) in [5, 5.41) is 3.23. The highest BCUT2D eigenvalue weighted by atomic mass is 16.5. The van der Waals surface area contributed by atoms with Crippen molar-refractivity contribution in [2.45, 2.75) is 26.5 Å². The molecule has 0 radical (unpaired) electrons. The lowest BCUT2D eigenvalue weighted by Crippen LogP contribution is -2.15. The van der Waals surface area contributed by atoms with E-state index in [2.05, 4.69) is 16.9 Å². The summed E-state index contributed by atoms with van der Waals surface area (Å²) in [5.74, 6) is 0.712. The first kappa shape index (κ1) is 11.7. The molecule has 0 fully saturated rings. The molecule has 1 rings (SSSR count). The molecule has 82 valence electrons. The fourth-order valence-electron chi connectivity index (χ4n) is 1.20. The van der Waals surface area contributed by atoms with Crippen molar-refractivity contribution in [2.24, 2.45) is 0 Å². The minimum Gasteiger partial charge on any atom is -0.475 e. The van der Waals surface area contributed by atoms with Crippen LogP contribution in [-0.2, 0) is 6.54 Å². The van der Waals surface area contributed by atoms with Crippen LogP contribution in [0.1, 0.15) is 19.4 Å². The Balaban J connectivity index is 2.63. The second kappa shape index (κ2) is 6.19. The Morgan fingerprint density at radius 1 is 1.60 bits per heavy atom. The Kier molecular flexibility index (Phi) is 4.84. The molecule has 0 aliphatic carbocycles. The number of nitrogens with one attached hydrogen (secondary N) is 1. The first-order valence-electron chi connectivity index (χ1n) is 5.16. The normalized spacial score (nSPS) is 10.3. The Labute approximate surface area is 91.2 Å². The zero-order valence-corrected chi connectivity index (χ0v) is 9.36. The summed E-state index contributed by atoms with van der Waals surface area (Å²) >= 11 is 0. The van der Waals surface area contributed by atoms with Gasteiger partial charge in [0.15, 0.2) is 0 Å². The third kappa shape index (κ3) is 4.13. The van der Waals surface area contributed by atoms with Gasteiger partial charge in [0.05, 0.1) is 6.10 Å². The molecular weight excluding hydrogens is 188 g/mol. The number of aromatic nitrogens is 1. The maximum atomic E-state index is 5.60. The van der Waals surface area contributed by atoms with Crippen LogP contribution in [0.25, 0.3) is 0 Å². The summed E-state index contributed by atoms with van der Waals surface area (Å²) in [6.07, 6.45) is 3.73. The molecule has 1 heterocycles. The third-order valence-corrected chi connectivity index (χ3v) is 1.80. The van der Waals surface area contributed by atoms with Crippen molar-refractivity contribution in [1.82, 2.24) is 10.3 Å². The van der Waals surface area contributed by atoms with Gasteiger partial charge in [-0.25, -0.2) is 4.98 Å². The van der Waals surface area contributed by atoms with E-state index in [9.17, 15) is 0 Å². The van der Waals surface area contributed by atoms with Crippen molar-refractivity contribution in [3.8, 4) is 5.88 Å². The molecule has 0 aliphatic heterocycles. The first-order chi connectivity index (χ1) is 7.24. The summed E-state index contributed by atoms with van der Waals surface area (Å²) in [6, 6.07) is 3.93. The fraction of sp³-hybridized carbons (Fsp3) is 0.417. The highest BCUT2D eigenvalue weighted by Crippen LogP contribution is 2.15. The van der Waals surface area contributed by atoms with Gasteiger partial charge in [0, 0.05) is 24.8 Å². The molecule has 0 aliphatic rings. The lowest BCUT2D eigenvalue weighted by atomic mass is 10.2. The van der Waals surface area contributed by atoms with E-state index in [1.54, 1.807) is 6.20 Å². The minimum atomic E-state index is 0.151. The molecule has 0 bridgehead atoms. The molecule has 0 unspecified atom stereocenters. The topological polar surface area (TPSA) is 34.2 Å². The summed E-state index contributed by atoms with van der Waals surface area (Å²) in [5.41, 5.74) is 1.08. The Hall–Kier alpha value is -1.35. The zero-order chi connectivity index (χ0) is 11.1. The molecule has 1 aromatic heterocycles. The van der Waals surface area contributed by atoms with Crippen LogP contribution < -0.4 is 10.1 Å². The Morgan fingerprint density at radius 2 is 2.40 bits per heavy atom. The highest BCUT2D eigenvalue weighted by Gasteiger charge is 2.05. The predicted octanol–water partition coefficient (Wildman–Crippen LogP) is 2.14. The number of nitrogens with zero attached hydrogens (tertiary/aromatic N) is 1. The summed E-state index contributed by atoms with van der Waals surface area (Å²) in [6.45, 7) is 9.18. The number of ether oxygens (including phenoxy) is 1. The average Bonchev–Trinajstić information content (AvgIpc) is 2.20. The lowest BCUT2D eigenvalue weighted by Gasteiger charge is -2.12. The number of hydrogen-bond donors (Lipinski definition) is 1. The molecule has 3 nitrogen and oxygen atoms in total. The van der Waals surface area contributed by atoms with Crippen molar-refractivity contribution in [1.29, 1.82) is 0 Å². The van der Waals surface area contributed by atoms with E-state index in [1.165, 1.54) is 0 Å². The molecule has 0 saturated carbocycles. The number of hydrogen-bond acceptors (Lipinski definition) is 3. The van der Waals surface area contributed by atoms with Crippen LogP contribution in [0.5, 0.6) is 5.88 Å². The molecule has 1 aromatic rings. The number of rotatable bonds is 6. The van der Waals surface area contributed by atoms with Crippen LogP contribution in [0.3, 0.4) is 0 Å². The maximum absolute atomic E-state index is 5.60. The van der Waals surface area contributed by atoms with Gasteiger partial charge in [0.2, 0.25) is 5.88 Å². The molecule has 1 N–H and O–H groups in total. The van der Waals surface area contributed by atoms with Gasteiger partial charge < -0.3 is 10.1 Å². The van der Waals surface area contributed by atoms with Gasteiger partial charge in [-0.2, -0.15) is 0 Å². The quantitative estimate of drug-likeness (QED) is 0.572. The molecule has 0 aromatic carbocycles. The van der Waals surface area contributed by atoms with Crippen molar-refractivity contribution in [3.05, 3.63) is 36.5 Å². The van der Waals surface area contributed by atoms with Gasteiger partial charge in [0.1, 0.15) is 0 Å². The van der Waals surface area contributed by atoms with Crippen LogP contribution in [0.2, 0.25) is 0 Å². The van der Waals surface area contributed by atoms with Crippen molar-refractivity contribution in [2.75, 3.05) is 6.54 Å². The van der Waals surface area contributed by atoms with Gasteiger partial charge in [-0.15, -0.1) is 6.58 Å². The van der Waals surface area contributed by atoms with Crippen LogP contribution in [0, 0.1) is 0 Å². The molecule has 0 saturated heterocycles. The van der Waals surface area contributed by atoms with Crippen molar-refractivity contribution in [3.63, 3.8) is 0 Å². The number of pyridine rings is 1. The summed E-state index contributed by atoms with van der Waals surface area (Å²) in [7, 11) is 0. The van der Waals surface area contributed by atoms with Gasteiger partial charge in [-0.1, -0.05) is 12.1 Å². The van der Waals surface area contributed by atoms with Crippen molar-refractivity contribution >= 4 is 0 Å². The van der Waals surface area contributed by atoms with Crippen LogP contribution in [-0.4, -0.2) is 17.6 Å². The predicted molar refractivity (Wildman–Crippen MR) is 61.9 cm³/mol. The van der Waals surface area contributed by atoms with Crippen LogP contribution >= 0.6 is 0 Å². The second-order valence-corrected chi connectivity index (χ2v) is 3.55. The molecule has 3 heteroatoms. The highest BCUT2D eigenvalue weighted by molar-refractivity contribution is 5.25. The van der Waals surface area contributed by atoms with Gasteiger partial charge in [-0.05, 0) is 19.9 Å². The third-order valence-electron chi connectivity index (χ3n) is 1.80. The monoisotopic (exact) mass is 206 g/mol. The van der Waals surface area contributed by atoms with E-state index in [0.29, 0.717) is 5.88 Å². The first-order valence-corrected chi connectivity index (χ1v) is 5.16.